The van der Waals surface area contributed by atoms with E-state index in [1.165, 1.54) is 0 Å². The summed E-state index contributed by atoms with van der Waals surface area (Å²) in [5.41, 5.74) is 1.52. The van der Waals surface area contributed by atoms with E-state index < -0.39 is 5.54 Å². The number of urea groups is 1. The van der Waals surface area contributed by atoms with Crippen LogP contribution in [0.1, 0.15) is 50.8 Å². The van der Waals surface area contributed by atoms with Gasteiger partial charge in [0.15, 0.2) is 0 Å². The number of amides is 2. The number of fused-ring (bicyclic) bond motifs is 1. The van der Waals surface area contributed by atoms with Gasteiger partial charge < -0.3 is 25.0 Å². The predicted molar refractivity (Wildman–Crippen MR) is 105 cm³/mol. The second kappa shape index (κ2) is 8.21. The highest BCUT2D eigenvalue weighted by molar-refractivity contribution is 5.76. The number of nitrogens with zero attached hydrogens (tertiary/aromatic N) is 3. The number of rotatable bonds is 4. The summed E-state index contributed by atoms with van der Waals surface area (Å²) >= 11 is 0. The summed E-state index contributed by atoms with van der Waals surface area (Å²) in [5, 5.41) is 6.54. The molecule has 8 nitrogen and oxygen atoms in total. The second-order valence-electron chi connectivity index (χ2n) is 8.47. The molecular weight excluding hydrogens is 358 g/mol. The number of ether oxygens (including phenoxy) is 2. The Bertz CT molecular complexity index is 699. The van der Waals surface area contributed by atoms with Crippen molar-refractivity contribution in [1.29, 1.82) is 0 Å². The van der Waals surface area contributed by atoms with Crippen molar-refractivity contribution in [3.8, 4) is 0 Å². The molecule has 28 heavy (non-hydrogen) atoms. The van der Waals surface area contributed by atoms with E-state index in [9.17, 15) is 4.79 Å². The number of hydrogen-bond acceptors (Lipinski definition) is 6. The van der Waals surface area contributed by atoms with Gasteiger partial charge in [-0.05, 0) is 45.4 Å². The summed E-state index contributed by atoms with van der Waals surface area (Å²) in [6, 6.07) is 0.313. The maximum atomic E-state index is 12.9. The molecule has 0 atom stereocenters. The molecule has 3 aliphatic rings. The highest BCUT2D eigenvalue weighted by atomic mass is 16.5. The lowest BCUT2D eigenvalue weighted by Gasteiger charge is -2.33. The van der Waals surface area contributed by atoms with Crippen LogP contribution in [0.15, 0.2) is 6.20 Å². The number of carbonyl (C=O) groups excluding carboxylic acids is 1. The third-order valence-electron chi connectivity index (χ3n) is 6.19. The molecule has 8 heteroatoms. The Morgan fingerprint density at radius 1 is 1.18 bits per heavy atom. The van der Waals surface area contributed by atoms with Crippen molar-refractivity contribution in [3.05, 3.63) is 17.5 Å². The molecule has 2 amide bonds. The maximum absolute atomic E-state index is 12.9. The van der Waals surface area contributed by atoms with Crippen LogP contribution in [0.3, 0.4) is 0 Å². The summed E-state index contributed by atoms with van der Waals surface area (Å²) < 4.78 is 10.8. The molecule has 0 saturated carbocycles. The largest absolute Gasteiger partial charge is 0.381 e. The molecule has 1 aromatic heterocycles. The van der Waals surface area contributed by atoms with Gasteiger partial charge in [0.2, 0.25) is 5.95 Å². The van der Waals surface area contributed by atoms with E-state index in [2.05, 4.69) is 29.5 Å². The van der Waals surface area contributed by atoms with Gasteiger partial charge in [-0.15, -0.1) is 0 Å². The van der Waals surface area contributed by atoms with Gasteiger partial charge in [-0.2, -0.15) is 0 Å². The predicted octanol–water partition coefficient (Wildman–Crippen LogP) is 2.25. The van der Waals surface area contributed by atoms with Gasteiger partial charge in [-0.1, -0.05) is 0 Å². The number of anilines is 1. The van der Waals surface area contributed by atoms with Gasteiger partial charge in [0.1, 0.15) is 0 Å². The van der Waals surface area contributed by atoms with Crippen molar-refractivity contribution in [2.45, 2.75) is 57.7 Å². The van der Waals surface area contributed by atoms with Crippen LogP contribution in [-0.4, -0.2) is 59.9 Å². The Labute approximate surface area is 166 Å². The molecule has 0 bridgehead atoms. The zero-order valence-corrected chi connectivity index (χ0v) is 16.9. The molecule has 0 radical (unpaired) electrons. The lowest BCUT2D eigenvalue weighted by Crippen LogP contribution is -2.47. The lowest BCUT2D eigenvalue weighted by molar-refractivity contribution is 0.0655. The standard InChI is InChI=1S/C20H31N5O3/c1-20(2)16-12-21-18(23-15-5-9-28-10-6-15)24-17(16)13-25(20)19(26)22-11-14-3-7-27-8-4-14/h12,14-15H,3-11,13H2,1-2H3,(H,22,26)(H,21,23,24). The van der Waals surface area contributed by atoms with E-state index in [1.807, 2.05) is 11.1 Å². The van der Waals surface area contributed by atoms with E-state index in [0.717, 1.165) is 63.4 Å². The normalized spacial score (nSPS) is 22.7. The third kappa shape index (κ3) is 4.07. The van der Waals surface area contributed by atoms with Gasteiger partial charge in [-0.25, -0.2) is 14.8 Å². The average molecular weight is 390 g/mol. The Balaban J connectivity index is 1.39. The third-order valence-corrected chi connectivity index (χ3v) is 6.19. The molecule has 0 aliphatic carbocycles. The summed E-state index contributed by atoms with van der Waals surface area (Å²) in [6.45, 7) is 8.45. The molecule has 0 unspecified atom stereocenters. The van der Waals surface area contributed by atoms with Crippen molar-refractivity contribution in [1.82, 2.24) is 20.2 Å². The topological polar surface area (TPSA) is 88.6 Å². The van der Waals surface area contributed by atoms with Crippen LogP contribution in [0.4, 0.5) is 10.7 Å². The van der Waals surface area contributed by atoms with Gasteiger partial charge in [0.25, 0.3) is 0 Å². The first-order valence-corrected chi connectivity index (χ1v) is 10.4. The summed E-state index contributed by atoms with van der Waals surface area (Å²) in [5.74, 6) is 1.15. The average Bonchev–Trinajstić information content (AvgIpc) is 2.98. The van der Waals surface area contributed by atoms with Gasteiger partial charge in [0, 0.05) is 50.8 Å². The minimum Gasteiger partial charge on any atom is -0.381 e. The zero-order chi connectivity index (χ0) is 19.6. The first-order chi connectivity index (χ1) is 13.5. The maximum Gasteiger partial charge on any atom is 0.318 e. The minimum atomic E-state index is -0.424. The molecule has 4 rings (SSSR count). The van der Waals surface area contributed by atoms with Crippen LogP contribution in [0, 0.1) is 5.92 Å². The van der Waals surface area contributed by atoms with Crippen LogP contribution in [-0.2, 0) is 21.6 Å². The quantitative estimate of drug-likeness (QED) is 0.821. The highest BCUT2D eigenvalue weighted by Crippen LogP contribution is 2.37. The Morgan fingerprint density at radius 3 is 2.57 bits per heavy atom. The fourth-order valence-corrected chi connectivity index (χ4v) is 4.24. The van der Waals surface area contributed by atoms with Gasteiger partial charge in [-0.3, -0.25) is 0 Å². The monoisotopic (exact) mass is 389 g/mol. The van der Waals surface area contributed by atoms with Crippen molar-refractivity contribution >= 4 is 12.0 Å². The van der Waals surface area contributed by atoms with Crippen LogP contribution in [0.25, 0.3) is 0 Å². The number of nitrogens with one attached hydrogen (secondary N) is 2. The molecule has 1 aromatic rings. The van der Waals surface area contributed by atoms with Crippen LogP contribution in [0.5, 0.6) is 0 Å². The van der Waals surface area contributed by atoms with E-state index >= 15 is 0 Å². The first kappa shape index (κ1) is 19.4. The summed E-state index contributed by atoms with van der Waals surface area (Å²) in [6.07, 6.45) is 5.82. The van der Waals surface area contributed by atoms with Crippen molar-refractivity contribution < 1.29 is 14.3 Å². The minimum absolute atomic E-state index is 0.0339. The zero-order valence-electron chi connectivity index (χ0n) is 16.9. The SMILES string of the molecule is CC1(C)c2cnc(NC3CCOCC3)nc2CN1C(=O)NCC1CCOCC1. The molecule has 0 aromatic carbocycles. The Morgan fingerprint density at radius 2 is 1.86 bits per heavy atom. The molecule has 154 valence electrons. The Kier molecular flexibility index (Phi) is 5.68. The van der Waals surface area contributed by atoms with Crippen LogP contribution in [0.2, 0.25) is 0 Å². The molecule has 2 fully saturated rings. The smallest absolute Gasteiger partial charge is 0.318 e. The lowest BCUT2D eigenvalue weighted by atomic mass is 9.97. The fraction of sp³-hybridized carbons (Fsp3) is 0.750. The van der Waals surface area contributed by atoms with E-state index in [4.69, 9.17) is 14.5 Å². The van der Waals surface area contributed by atoms with Gasteiger partial charge >= 0.3 is 6.03 Å². The second-order valence-corrected chi connectivity index (χ2v) is 8.47. The number of carbonyl (C=O) groups is 1. The molecular formula is C20H31N5O3. The van der Waals surface area contributed by atoms with E-state index in [0.29, 0.717) is 31.0 Å². The highest BCUT2D eigenvalue weighted by Gasteiger charge is 2.42. The molecule has 2 saturated heterocycles. The molecule has 2 N–H and O–H groups in total. The van der Waals surface area contributed by atoms with E-state index in [1.54, 1.807) is 0 Å². The number of aromatic nitrogens is 2. The van der Waals surface area contributed by atoms with Crippen molar-refractivity contribution in [3.63, 3.8) is 0 Å². The molecule has 0 spiro atoms. The van der Waals surface area contributed by atoms with E-state index in [-0.39, 0.29) is 6.03 Å². The summed E-state index contributed by atoms with van der Waals surface area (Å²) in [7, 11) is 0. The summed E-state index contributed by atoms with van der Waals surface area (Å²) in [4.78, 5) is 24.0. The van der Waals surface area contributed by atoms with Crippen molar-refractivity contribution in [2.24, 2.45) is 5.92 Å². The number of hydrogen-bond donors (Lipinski definition) is 2. The Hall–Kier alpha value is -1.93. The van der Waals surface area contributed by atoms with Crippen molar-refractivity contribution in [2.75, 3.05) is 38.3 Å². The first-order valence-electron chi connectivity index (χ1n) is 10.4. The van der Waals surface area contributed by atoms with Crippen LogP contribution < -0.4 is 10.6 Å². The molecule has 3 aliphatic heterocycles. The molecule has 4 heterocycles. The fourth-order valence-electron chi connectivity index (χ4n) is 4.24. The van der Waals surface area contributed by atoms with Gasteiger partial charge in [0.05, 0.1) is 17.8 Å². The van der Waals surface area contributed by atoms with Crippen LogP contribution >= 0.6 is 0 Å².